The van der Waals surface area contributed by atoms with Gasteiger partial charge in [0.15, 0.2) is 0 Å². The molecular weight excluding hydrogens is 1020 g/mol. The van der Waals surface area contributed by atoms with Crippen LogP contribution in [-0.4, -0.2) is 64.0 Å². The molecule has 0 saturated carbocycles. The van der Waals surface area contributed by atoms with E-state index in [0.29, 0.717) is 62.6 Å². The minimum Gasteiger partial charge on any atom is -0.494 e. The minimum atomic E-state index is -0.276. The zero-order chi connectivity index (χ0) is 57.7. The van der Waals surface area contributed by atoms with Crippen molar-refractivity contribution in [2.24, 2.45) is 21.8 Å². The molecule has 0 aromatic heterocycles. The van der Waals surface area contributed by atoms with Crippen molar-refractivity contribution in [3.05, 3.63) is 191 Å². The Hall–Kier alpha value is -7.98. The molecule has 0 aliphatic heterocycles. The second-order valence-corrected chi connectivity index (χ2v) is 21.4. The van der Waals surface area contributed by atoms with Crippen molar-refractivity contribution in [2.75, 3.05) is 39.6 Å². The molecule has 7 aromatic carbocycles. The third-order valence-electron chi connectivity index (χ3n) is 14.6. The maximum absolute atomic E-state index is 12.4. The van der Waals surface area contributed by atoms with E-state index in [1.807, 2.05) is 134 Å². The van der Waals surface area contributed by atoms with Crippen LogP contribution in [-0.2, 0) is 9.47 Å². The molecule has 0 heterocycles. The first-order chi connectivity index (χ1) is 40.0. The summed E-state index contributed by atoms with van der Waals surface area (Å²) in [6, 6.07) is 51.7. The highest BCUT2D eigenvalue weighted by atomic mass is 16.5. The van der Waals surface area contributed by atoms with E-state index in [1.54, 1.807) is 0 Å². The van der Waals surface area contributed by atoms with Crippen LogP contribution >= 0.6 is 0 Å². The summed E-state index contributed by atoms with van der Waals surface area (Å²) in [4.78, 5) is 34.1. The van der Waals surface area contributed by atoms with E-state index in [9.17, 15) is 9.59 Å². The van der Waals surface area contributed by atoms with Crippen LogP contribution in [0.3, 0.4) is 0 Å². The molecule has 430 valence electrons. The standard InChI is InChI=1S/C72H84N2O8/c1-7-53(3)51-81-71(75)63-25-21-59(22-26-63)61-29-37-67(38-30-61)77-43-15-11-9-13-17-45-79-69-41-19-57(47-55(69)5)49-73-65-33-35-66(36-34-65)74-50-58-20-42-70(56(6)48-58)80-46-18-14-10-12-16-44-78-68-39-31-62(32-40-68)60-23-27-64(28-24-60)72(76)82-52-54(4)8-2/h19-42,47-50,53-54H,7-18,43-46,51-52H2,1-6H3. The molecule has 7 rings (SSSR count). The Kier molecular flexibility index (Phi) is 25.3. The van der Waals surface area contributed by atoms with E-state index in [1.165, 1.54) is 0 Å². The fraction of sp³-hybridized carbons (Fsp3) is 0.361. The van der Waals surface area contributed by atoms with E-state index in [-0.39, 0.29) is 11.9 Å². The molecule has 0 aliphatic carbocycles. The van der Waals surface area contributed by atoms with Crippen LogP contribution in [0.1, 0.15) is 148 Å². The molecule has 2 atom stereocenters. The largest absolute Gasteiger partial charge is 0.494 e. The molecular formula is C72H84N2O8. The maximum Gasteiger partial charge on any atom is 0.338 e. The average molecular weight is 1110 g/mol. The van der Waals surface area contributed by atoms with Crippen LogP contribution in [0.5, 0.6) is 23.0 Å². The van der Waals surface area contributed by atoms with Crippen molar-refractivity contribution in [3.63, 3.8) is 0 Å². The van der Waals surface area contributed by atoms with Crippen LogP contribution in [0.4, 0.5) is 11.4 Å². The first-order valence-corrected chi connectivity index (χ1v) is 29.7. The third kappa shape index (κ3) is 20.8. The van der Waals surface area contributed by atoms with Gasteiger partial charge in [0.2, 0.25) is 0 Å². The lowest BCUT2D eigenvalue weighted by Crippen LogP contribution is -2.11. The normalized spacial score (nSPS) is 12.1. The van der Waals surface area contributed by atoms with Gasteiger partial charge in [-0.3, -0.25) is 9.98 Å². The van der Waals surface area contributed by atoms with Gasteiger partial charge in [0.25, 0.3) is 0 Å². The van der Waals surface area contributed by atoms with Crippen LogP contribution in [0, 0.1) is 25.7 Å². The van der Waals surface area contributed by atoms with Gasteiger partial charge in [0.1, 0.15) is 23.0 Å². The number of carbonyl (C=O) groups is 2. The number of aryl methyl sites for hydroxylation is 2. The van der Waals surface area contributed by atoms with Gasteiger partial charge >= 0.3 is 11.9 Å². The molecule has 0 radical (unpaired) electrons. The van der Waals surface area contributed by atoms with Crippen molar-refractivity contribution < 1.29 is 38.0 Å². The highest BCUT2D eigenvalue weighted by Gasteiger charge is 2.12. The van der Waals surface area contributed by atoms with E-state index in [4.69, 9.17) is 38.4 Å². The summed E-state index contributed by atoms with van der Waals surface area (Å²) in [5, 5.41) is 0. The highest BCUT2D eigenvalue weighted by Crippen LogP contribution is 2.27. The van der Waals surface area contributed by atoms with Crippen LogP contribution in [0.2, 0.25) is 0 Å². The van der Waals surface area contributed by atoms with Gasteiger partial charge < -0.3 is 28.4 Å². The van der Waals surface area contributed by atoms with Crippen LogP contribution < -0.4 is 18.9 Å². The van der Waals surface area contributed by atoms with Crippen LogP contribution in [0.15, 0.2) is 168 Å². The number of aliphatic imine (C=N–C) groups is 2. The first kappa shape index (κ1) is 61.6. The SMILES string of the molecule is CCC(C)COC(=O)c1ccc(-c2ccc(OCCCCCCCOc3ccc(C=Nc4ccc(N=Cc5ccc(OCCCCCCCOc6ccc(-c7ccc(C(=O)OCC(C)CC)cc7)cc6)c(C)c5)cc4)cc3C)cc2)cc1. The fourth-order valence-electron chi connectivity index (χ4n) is 8.89. The maximum atomic E-state index is 12.4. The molecule has 0 saturated heterocycles. The molecule has 10 heteroatoms. The summed E-state index contributed by atoms with van der Waals surface area (Å²) in [6.45, 7) is 16.1. The Labute approximate surface area is 488 Å². The number of unbranched alkanes of at least 4 members (excludes halogenated alkanes) is 8. The number of rotatable bonds is 34. The van der Waals surface area contributed by atoms with Crippen molar-refractivity contribution in [1.82, 2.24) is 0 Å². The van der Waals surface area contributed by atoms with Gasteiger partial charge in [-0.15, -0.1) is 0 Å². The lowest BCUT2D eigenvalue weighted by molar-refractivity contribution is 0.0438. The zero-order valence-corrected chi connectivity index (χ0v) is 49.2. The smallest absolute Gasteiger partial charge is 0.338 e. The van der Waals surface area contributed by atoms with Crippen molar-refractivity contribution in [1.29, 1.82) is 0 Å². The summed E-state index contributed by atoms with van der Waals surface area (Å²) < 4.78 is 35.2. The number of hydrogen-bond donors (Lipinski definition) is 0. The number of carbonyl (C=O) groups excluding carboxylic acids is 2. The van der Waals surface area contributed by atoms with E-state index < -0.39 is 0 Å². The van der Waals surface area contributed by atoms with Gasteiger partial charge in [-0.05, 0) is 205 Å². The second kappa shape index (κ2) is 33.7. The molecule has 0 bridgehead atoms. The Morgan fingerprint density at radius 3 is 1.05 bits per heavy atom. The summed E-state index contributed by atoms with van der Waals surface area (Å²) in [7, 11) is 0. The summed E-state index contributed by atoms with van der Waals surface area (Å²) >= 11 is 0. The average Bonchev–Trinajstić information content (AvgIpc) is 3.57. The molecule has 10 nitrogen and oxygen atoms in total. The van der Waals surface area contributed by atoms with Gasteiger partial charge in [-0.1, -0.05) is 128 Å². The summed E-state index contributed by atoms with van der Waals surface area (Å²) in [5.74, 6) is 3.71. The number of ether oxygens (including phenoxy) is 6. The predicted octanol–water partition coefficient (Wildman–Crippen LogP) is 18.4. The second-order valence-electron chi connectivity index (χ2n) is 21.4. The number of nitrogens with zero attached hydrogens (tertiary/aromatic N) is 2. The van der Waals surface area contributed by atoms with E-state index in [0.717, 1.165) is 156 Å². The molecule has 0 aliphatic rings. The van der Waals surface area contributed by atoms with E-state index >= 15 is 0 Å². The Morgan fingerprint density at radius 1 is 0.402 bits per heavy atom. The highest BCUT2D eigenvalue weighted by molar-refractivity contribution is 5.91. The summed E-state index contributed by atoms with van der Waals surface area (Å²) in [5.41, 5.74) is 11.3. The number of esters is 2. The summed E-state index contributed by atoms with van der Waals surface area (Å²) in [6.07, 6.45) is 16.5. The van der Waals surface area contributed by atoms with Gasteiger partial charge in [-0.2, -0.15) is 0 Å². The predicted molar refractivity (Wildman–Crippen MR) is 335 cm³/mol. The molecule has 0 amide bonds. The molecule has 0 spiro atoms. The van der Waals surface area contributed by atoms with Crippen molar-refractivity contribution in [2.45, 2.75) is 119 Å². The van der Waals surface area contributed by atoms with Crippen molar-refractivity contribution >= 4 is 35.7 Å². The van der Waals surface area contributed by atoms with Gasteiger partial charge in [0.05, 0.1) is 62.1 Å². The quantitative estimate of drug-likeness (QED) is 0.0223. The molecule has 2 unspecified atom stereocenters. The van der Waals surface area contributed by atoms with Crippen LogP contribution in [0.25, 0.3) is 22.3 Å². The third-order valence-corrected chi connectivity index (χ3v) is 14.6. The monoisotopic (exact) mass is 1100 g/mol. The minimum absolute atomic E-state index is 0.276. The van der Waals surface area contributed by atoms with Crippen molar-refractivity contribution in [3.8, 4) is 45.3 Å². The topological polar surface area (TPSA) is 114 Å². The lowest BCUT2D eigenvalue weighted by atomic mass is 10.0. The molecule has 82 heavy (non-hydrogen) atoms. The Balaban J connectivity index is 0.700. The van der Waals surface area contributed by atoms with E-state index in [2.05, 4.69) is 77.9 Å². The number of benzene rings is 7. The number of hydrogen-bond acceptors (Lipinski definition) is 10. The Bertz CT molecular complexity index is 2870. The lowest BCUT2D eigenvalue weighted by Gasteiger charge is -2.10. The fourth-order valence-corrected chi connectivity index (χ4v) is 8.89. The molecule has 0 fully saturated rings. The van der Waals surface area contributed by atoms with Gasteiger partial charge in [0, 0.05) is 12.4 Å². The first-order valence-electron chi connectivity index (χ1n) is 29.7. The van der Waals surface area contributed by atoms with Gasteiger partial charge in [-0.25, -0.2) is 9.59 Å². The molecule has 0 N–H and O–H groups in total. The molecule has 7 aromatic rings. The Morgan fingerprint density at radius 2 is 0.720 bits per heavy atom. The zero-order valence-electron chi connectivity index (χ0n) is 49.2.